The summed E-state index contributed by atoms with van der Waals surface area (Å²) in [4.78, 5) is 16.0. The van der Waals surface area contributed by atoms with Gasteiger partial charge in [-0.05, 0) is 72.3 Å². The van der Waals surface area contributed by atoms with Gasteiger partial charge in [0, 0.05) is 19.5 Å². The molecular formula is C31H33NO6S. The number of benzene rings is 3. The van der Waals surface area contributed by atoms with E-state index in [1.54, 1.807) is 12.1 Å². The minimum atomic E-state index is -3.34. The molecule has 0 N–H and O–H groups in total. The van der Waals surface area contributed by atoms with Gasteiger partial charge in [-0.15, -0.1) is 0 Å². The number of fused-ring (bicyclic) bond motifs is 1. The number of rotatable bonds is 10. The van der Waals surface area contributed by atoms with Crippen LogP contribution in [0.25, 0.3) is 11.1 Å². The molecule has 0 atom stereocenters. The van der Waals surface area contributed by atoms with Crippen LogP contribution in [0.5, 0.6) is 11.5 Å². The fraction of sp³-hybridized carbons (Fsp3) is 0.387. The molecule has 8 heteroatoms. The van der Waals surface area contributed by atoms with E-state index in [0.717, 1.165) is 60.5 Å². The normalized spacial score (nSPS) is 18.2. The van der Waals surface area contributed by atoms with E-state index < -0.39 is 15.3 Å². The maximum Gasteiger partial charge on any atom is 0.231 e. The third-order valence-electron chi connectivity index (χ3n) is 8.04. The lowest BCUT2D eigenvalue weighted by molar-refractivity contribution is -0.120. The molecule has 39 heavy (non-hydrogen) atoms. The van der Waals surface area contributed by atoms with Gasteiger partial charge in [-0.1, -0.05) is 42.5 Å². The first-order chi connectivity index (χ1) is 18.9. The van der Waals surface area contributed by atoms with Crippen LogP contribution in [0.1, 0.15) is 30.4 Å². The van der Waals surface area contributed by atoms with Crippen LogP contribution < -0.4 is 9.47 Å². The number of ketones is 1. The second-order valence-electron chi connectivity index (χ2n) is 10.6. The molecule has 0 radical (unpaired) electrons. The predicted molar refractivity (Wildman–Crippen MR) is 148 cm³/mol. The molecule has 0 bridgehead atoms. The number of hydrogen-bond acceptors (Lipinski definition) is 7. The highest BCUT2D eigenvalue weighted by atomic mass is 32.2. The molecule has 1 aliphatic carbocycles. The molecule has 2 heterocycles. The van der Waals surface area contributed by atoms with Crippen molar-refractivity contribution in [1.29, 1.82) is 0 Å². The number of hydrogen-bond donors (Lipinski definition) is 0. The third-order valence-corrected chi connectivity index (χ3v) is 9.85. The van der Waals surface area contributed by atoms with Gasteiger partial charge in [-0.2, -0.15) is 0 Å². The molecule has 1 saturated heterocycles. The molecule has 0 amide bonds. The van der Waals surface area contributed by atoms with Crippen molar-refractivity contribution in [3.05, 3.63) is 77.9 Å². The minimum absolute atomic E-state index is 0.131. The van der Waals surface area contributed by atoms with Gasteiger partial charge >= 0.3 is 0 Å². The summed E-state index contributed by atoms with van der Waals surface area (Å²) < 4.78 is 42.1. The Morgan fingerprint density at radius 1 is 0.872 bits per heavy atom. The van der Waals surface area contributed by atoms with Crippen molar-refractivity contribution in [3.63, 3.8) is 0 Å². The van der Waals surface area contributed by atoms with Crippen molar-refractivity contribution in [2.24, 2.45) is 0 Å². The average Bonchev–Trinajstić information content (AvgIpc) is 3.64. The standard InChI is InChI=1S/C31H33NO6S/c33-30(31(11-12-31)26-7-10-28-29(21-26)38-22-37-28)20-23-3-1-4-25(19-23)24-5-8-27(9-6-24)39(34,35)18-2-13-32-14-16-36-17-15-32/h1,3-10,19,21H,2,11-18,20,22H2. The summed E-state index contributed by atoms with van der Waals surface area (Å²) in [7, 11) is -3.34. The summed E-state index contributed by atoms with van der Waals surface area (Å²) in [6, 6.07) is 20.8. The van der Waals surface area contributed by atoms with E-state index in [4.69, 9.17) is 14.2 Å². The Kier molecular flexibility index (Phi) is 7.18. The highest BCUT2D eigenvalue weighted by Gasteiger charge is 2.50. The second-order valence-corrected chi connectivity index (χ2v) is 12.7. The van der Waals surface area contributed by atoms with Crippen LogP contribution in [-0.4, -0.2) is 64.5 Å². The molecule has 1 saturated carbocycles. The topological polar surface area (TPSA) is 82.1 Å². The maximum absolute atomic E-state index is 13.4. The first kappa shape index (κ1) is 26.0. The molecule has 7 nitrogen and oxygen atoms in total. The van der Waals surface area contributed by atoms with Gasteiger partial charge in [0.25, 0.3) is 0 Å². The molecule has 0 unspecified atom stereocenters. The van der Waals surface area contributed by atoms with Crippen molar-refractivity contribution in [2.45, 2.75) is 36.0 Å². The van der Waals surface area contributed by atoms with E-state index in [0.29, 0.717) is 36.7 Å². The fourth-order valence-corrected chi connectivity index (χ4v) is 6.83. The van der Waals surface area contributed by atoms with Gasteiger partial charge in [0.15, 0.2) is 21.3 Å². The van der Waals surface area contributed by atoms with Crippen LogP contribution in [0, 0.1) is 0 Å². The molecule has 2 aliphatic heterocycles. The summed E-state index contributed by atoms with van der Waals surface area (Å²) >= 11 is 0. The van der Waals surface area contributed by atoms with E-state index in [2.05, 4.69) is 4.90 Å². The largest absolute Gasteiger partial charge is 0.454 e. The van der Waals surface area contributed by atoms with Gasteiger partial charge in [0.2, 0.25) is 6.79 Å². The van der Waals surface area contributed by atoms with Crippen molar-refractivity contribution >= 4 is 15.6 Å². The molecular weight excluding hydrogens is 514 g/mol. The lowest BCUT2D eigenvalue weighted by atomic mass is 9.87. The van der Waals surface area contributed by atoms with Crippen LogP contribution in [0.2, 0.25) is 0 Å². The van der Waals surface area contributed by atoms with Crippen LogP contribution in [-0.2, 0) is 31.2 Å². The van der Waals surface area contributed by atoms with Crippen LogP contribution in [0.3, 0.4) is 0 Å². The van der Waals surface area contributed by atoms with Gasteiger partial charge in [0.1, 0.15) is 5.78 Å². The summed E-state index contributed by atoms with van der Waals surface area (Å²) in [6.07, 6.45) is 2.63. The number of Topliss-reactive ketones (excluding diaryl/α,β-unsaturated/α-hetero) is 1. The zero-order chi connectivity index (χ0) is 26.9. The van der Waals surface area contributed by atoms with Gasteiger partial charge in [-0.25, -0.2) is 8.42 Å². The second kappa shape index (κ2) is 10.8. The number of carbonyl (C=O) groups excluding carboxylic acids is 1. The maximum atomic E-state index is 13.4. The molecule has 3 aromatic rings. The lowest BCUT2D eigenvalue weighted by Gasteiger charge is -2.26. The molecule has 0 aromatic heterocycles. The summed E-state index contributed by atoms with van der Waals surface area (Å²) in [5, 5.41) is 0. The molecule has 2 fully saturated rings. The Labute approximate surface area is 229 Å². The summed E-state index contributed by atoms with van der Waals surface area (Å²) in [5.41, 5.74) is 3.38. The number of sulfone groups is 1. The Hall–Kier alpha value is -3.20. The van der Waals surface area contributed by atoms with E-state index in [-0.39, 0.29) is 18.3 Å². The van der Waals surface area contributed by atoms with Gasteiger partial charge in [0.05, 0.1) is 29.3 Å². The zero-order valence-electron chi connectivity index (χ0n) is 21.9. The van der Waals surface area contributed by atoms with Gasteiger partial charge < -0.3 is 14.2 Å². The molecule has 6 rings (SSSR count). The van der Waals surface area contributed by atoms with Gasteiger partial charge in [-0.3, -0.25) is 9.69 Å². The van der Waals surface area contributed by atoms with E-state index in [9.17, 15) is 13.2 Å². The average molecular weight is 548 g/mol. The summed E-state index contributed by atoms with van der Waals surface area (Å²) in [5.74, 6) is 1.77. The van der Waals surface area contributed by atoms with Crippen LogP contribution >= 0.6 is 0 Å². The van der Waals surface area contributed by atoms with E-state index >= 15 is 0 Å². The highest BCUT2D eigenvalue weighted by Crippen LogP contribution is 2.51. The predicted octanol–water partition coefficient (Wildman–Crippen LogP) is 4.42. The Morgan fingerprint density at radius 2 is 1.64 bits per heavy atom. The molecule has 204 valence electrons. The van der Waals surface area contributed by atoms with E-state index in [1.165, 1.54) is 0 Å². The van der Waals surface area contributed by atoms with Crippen molar-refractivity contribution in [1.82, 2.24) is 4.90 Å². The molecule has 3 aliphatic rings. The molecule has 0 spiro atoms. The third kappa shape index (κ3) is 5.60. The first-order valence-corrected chi connectivity index (χ1v) is 15.2. The SMILES string of the molecule is O=C(Cc1cccc(-c2ccc(S(=O)(=O)CCCN3CCOCC3)cc2)c1)C1(c2ccc3c(c2)OCO3)CC1. The smallest absolute Gasteiger partial charge is 0.231 e. The monoisotopic (exact) mass is 547 g/mol. The Morgan fingerprint density at radius 3 is 2.41 bits per heavy atom. The van der Waals surface area contributed by atoms with Crippen molar-refractivity contribution < 1.29 is 27.4 Å². The van der Waals surface area contributed by atoms with E-state index in [1.807, 2.05) is 54.6 Å². The Bertz CT molecular complexity index is 1460. The summed E-state index contributed by atoms with van der Waals surface area (Å²) in [6.45, 7) is 4.13. The first-order valence-electron chi connectivity index (χ1n) is 13.6. The number of morpholine rings is 1. The number of nitrogens with zero attached hydrogens (tertiary/aromatic N) is 1. The van der Waals surface area contributed by atoms with Crippen LogP contribution in [0.15, 0.2) is 71.6 Å². The fourth-order valence-electron chi connectivity index (χ4n) is 5.54. The van der Waals surface area contributed by atoms with Crippen molar-refractivity contribution in [2.75, 3.05) is 45.4 Å². The van der Waals surface area contributed by atoms with Crippen molar-refractivity contribution in [3.8, 4) is 22.6 Å². The quantitative estimate of drug-likeness (QED) is 0.372. The minimum Gasteiger partial charge on any atom is -0.454 e. The zero-order valence-corrected chi connectivity index (χ0v) is 22.8. The molecule has 3 aromatic carbocycles. The van der Waals surface area contributed by atoms with Crippen LogP contribution in [0.4, 0.5) is 0 Å². The highest BCUT2D eigenvalue weighted by molar-refractivity contribution is 7.91. The number of carbonyl (C=O) groups is 1. The Balaban J connectivity index is 1.10. The number of ether oxygens (including phenoxy) is 3. The lowest BCUT2D eigenvalue weighted by Crippen LogP contribution is -2.37.